The van der Waals surface area contributed by atoms with Crippen LogP contribution in [0.3, 0.4) is 0 Å². The van der Waals surface area contributed by atoms with E-state index in [1.807, 2.05) is 52.0 Å². The quantitative estimate of drug-likeness (QED) is 0.860. The van der Waals surface area contributed by atoms with Crippen LogP contribution in [-0.2, 0) is 16.0 Å². The highest BCUT2D eigenvalue weighted by molar-refractivity contribution is 5.85. The summed E-state index contributed by atoms with van der Waals surface area (Å²) in [5, 5.41) is 0. The van der Waals surface area contributed by atoms with Gasteiger partial charge in [0.1, 0.15) is 11.4 Å². The molecule has 0 aliphatic carbocycles. The van der Waals surface area contributed by atoms with Crippen LogP contribution in [0.2, 0.25) is 0 Å². The van der Waals surface area contributed by atoms with Crippen molar-refractivity contribution in [3.63, 3.8) is 0 Å². The monoisotopic (exact) mass is 303 g/mol. The molecule has 1 aromatic carbocycles. The zero-order valence-electron chi connectivity index (χ0n) is 13.9. The van der Waals surface area contributed by atoms with E-state index in [0.29, 0.717) is 19.5 Å². The molecule has 1 aliphatic rings. The van der Waals surface area contributed by atoms with Crippen molar-refractivity contribution < 1.29 is 14.3 Å². The summed E-state index contributed by atoms with van der Waals surface area (Å²) in [4.78, 5) is 26.1. The third kappa shape index (κ3) is 4.33. The van der Waals surface area contributed by atoms with Crippen LogP contribution in [0.25, 0.3) is 0 Å². The van der Waals surface area contributed by atoms with Gasteiger partial charge in [-0.1, -0.05) is 24.3 Å². The van der Waals surface area contributed by atoms with Gasteiger partial charge in [-0.15, -0.1) is 0 Å². The number of carbonyl (C=O) groups is 2. The number of rotatable bonds is 3. The molecule has 0 saturated carbocycles. The average Bonchev–Trinajstić information content (AvgIpc) is 2.89. The molecule has 120 valence electrons. The number of nitrogens with zero attached hydrogens (tertiary/aromatic N) is 1. The standard InChI is InChI=1S/C18H25NO3/c1-13-7-5-6-8-14(13)11-16(20)15-9-10-19(12-15)17(21)22-18(2,3)4/h5-8,15H,9-12H2,1-4H3. The molecule has 1 aliphatic heterocycles. The number of benzene rings is 1. The molecule has 2 rings (SSSR count). The molecule has 1 fully saturated rings. The van der Waals surface area contributed by atoms with Gasteiger partial charge in [0.25, 0.3) is 0 Å². The highest BCUT2D eigenvalue weighted by Crippen LogP contribution is 2.22. The second-order valence-electron chi connectivity index (χ2n) is 6.98. The molecule has 1 heterocycles. The van der Waals surface area contributed by atoms with Crippen molar-refractivity contribution in [1.82, 2.24) is 4.90 Å². The van der Waals surface area contributed by atoms with Crippen molar-refractivity contribution in [2.45, 2.75) is 46.1 Å². The Balaban J connectivity index is 1.91. The Morgan fingerprint density at radius 1 is 1.27 bits per heavy atom. The second-order valence-corrected chi connectivity index (χ2v) is 6.98. The van der Waals surface area contributed by atoms with Gasteiger partial charge in [0, 0.05) is 25.4 Å². The fourth-order valence-corrected chi connectivity index (χ4v) is 2.66. The van der Waals surface area contributed by atoms with Gasteiger partial charge in [-0.05, 0) is 45.2 Å². The largest absolute Gasteiger partial charge is 0.444 e. The smallest absolute Gasteiger partial charge is 0.410 e. The maximum Gasteiger partial charge on any atom is 0.410 e. The molecule has 22 heavy (non-hydrogen) atoms. The highest BCUT2D eigenvalue weighted by atomic mass is 16.6. The van der Waals surface area contributed by atoms with E-state index in [4.69, 9.17) is 4.74 Å². The Hall–Kier alpha value is -1.84. The van der Waals surface area contributed by atoms with E-state index in [2.05, 4.69) is 0 Å². The Labute approximate surface area is 132 Å². The maximum absolute atomic E-state index is 12.4. The molecule has 4 heteroatoms. The first-order valence-electron chi connectivity index (χ1n) is 7.81. The molecule has 1 saturated heterocycles. The van der Waals surface area contributed by atoms with Crippen molar-refractivity contribution in [2.24, 2.45) is 5.92 Å². The van der Waals surface area contributed by atoms with Gasteiger partial charge in [0.05, 0.1) is 0 Å². The van der Waals surface area contributed by atoms with E-state index in [0.717, 1.165) is 17.5 Å². The van der Waals surface area contributed by atoms with Crippen LogP contribution in [0, 0.1) is 12.8 Å². The molecule has 1 amide bonds. The highest BCUT2D eigenvalue weighted by Gasteiger charge is 2.33. The van der Waals surface area contributed by atoms with Gasteiger partial charge in [-0.3, -0.25) is 4.79 Å². The SMILES string of the molecule is Cc1ccccc1CC(=O)C1CCN(C(=O)OC(C)(C)C)C1. The van der Waals surface area contributed by atoms with Crippen LogP contribution in [-0.4, -0.2) is 35.5 Å². The number of aryl methyl sites for hydroxylation is 1. The van der Waals surface area contributed by atoms with E-state index in [1.54, 1.807) is 4.90 Å². The molecular formula is C18H25NO3. The van der Waals surface area contributed by atoms with Gasteiger partial charge in [-0.25, -0.2) is 4.79 Å². The fourth-order valence-electron chi connectivity index (χ4n) is 2.66. The van der Waals surface area contributed by atoms with Crippen LogP contribution in [0.4, 0.5) is 4.79 Å². The minimum Gasteiger partial charge on any atom is -0.444 e. The van der Waals surface area contributed by atoms with Crippen LogP contribution >= 0.6 is 0 Å². The molecule has 0 aromatic heterocycles. The van der Waals surface area contributed by atoms with Crippen LogP contribution in [0.15, 0.2) is 24.3 Å². The number of Topliss-reactive ketones (excluding diaryl/α,β-unsaturated/α-hetero) is 1. The average molecular weight is 303 g/mol. The Morgan fingerprint density at radius 3 is 2.59 bits per heavy atom. The lowest BCUT2D eigenvalue weighted by Crippen LogP contribution is -2.36. The summed E-state index contributed by atoms with van der Waals surface area (Å²) in [7, 11) is 0. The maximum atomic E-state index is 12.4. The lowest BCUT2D eigenvalue weighted by molar-refractivity contribution is -0.121. The molecule has 0 radical (unpaired) electrons. The fraction of sp³-hybridized carbons (Fsp3) is 0.556. The van der Waals surface area contributed by atoms with Crippen LogP contribution in [0.5, 0.6) is 0 Å². The van der Waals surface area contributed by atoms with E-state index in [9.17, 15) is 9.59 Å². The molecule has 1 atom stereocenters. The Kier molecular flexibility index (Phi) is 4.89. The molecule has 4 nitrogen and oxygen atoms in total. The first-order valence-corrected chi connectivity index (χ1v) is 7.81. The minimum absolute atomic E-state index is 0.0767. The van der Waals surface area contributed by atoms with E-state index < -0.39 is 5.60 Å². The van der Waals surface area contributed by atoms with Crippen LogP contribution < -0.4 is 0 Å². The third-order valence-electron chi connectivity index (χ3n) is 3.92. The summed E-state index contributed by atoms with van der Waals surface area (Å²) < 4.78 is 5.36. The summed E-state index contributed by atoms with van der Waals surface area (Å²) >= 11 is 0. The van der Waals surface area contributed by atoms with E-state index in [-0.39, 0.29) is 17.8 Å². The minimum atomic E-state index is -0.500. The summed E-state index contributed by atoms with van der Waals surface area (Å²) in [5.74, 6) is 0.132. The lowest BCUT2D eigenvalue weighted by Gasteiger charge is -2.24. The topological polar surface area (TPSA) is 46.6 Å². The molecular weight excluding hydrogens is 278 g/mol. The molecule has 1 aromatic rings. The van der Waals surface area contributed by atoms with Gasteiger partial charge < -0.3 is 9.64 Å². The number of carbonyl (C=O) groups excluding carboxylic acids is 2. The zero-order chi connectivity index (χ0) is 16.3. The number of ketones is 1. The number of likely N-dealkylation sites (tertiary alicyclic amines) is 1. The number of amides is 1. The van der Waals surface area contributed by atoms with Crippen molar-refractivity contribution in [1.29, 1.82) is 0 Å². The van der Waals surface area contributed by atoms with Gasteiger partial charge in [0.15, 0.2) is 0 Å². The van der Waals surface area contributed by atoms with Gasteiger partial charge in [0.2, 0.25) is 0 Å². The number of ether oxygens (including phenoxy) is 1. The summed E-state index contributed by atoms with van der Waals surface area (Å²) in [6.45, 7) is 8.63. The summed E-state index contributed by atoms with van der Waals surface area (Å²) in [5.41, 5.74) is 1.71. The second kappa shape index (κ2) is 6.51. The Morgan fingerprint density at radius 2 is 1.95 bits per heavy atom. The third-order valence-corrected chi connectivity index (χ3v) is 3.92. The molecule has 0 N–H and O–H groups in total. The van der Waals surface area contributed by atoms with Gasteiger partial charge in [-0.2, -0.15) is 0 Å². The predicted octanol–water partition coefficient (Wildman–Crippen LogP) is 3.36. The number of hydrogen-bond acceptors (Lipinski definition) is 3. The summed E-state index contributed by atoms with van der Waals surface area (Å²) in [6.07, 6.45) is 0.849. The predicted molar refractivity (Wildman–Crippen MR) is 85.8 cm³/mol. The van der Waals surface area contributed by atoms with E-state index in [1.165, 1.54) is 0 Å². The normalized spacial score (nSPS) is 18.4. The first kappa shape index (κ1) is 16.5. The van der Waals surface area contributed by atoms with Crippen molar-refractivity contribution >= 4 is 11.9 Å². The van der Waals surface area contributed by atoms with Crippen molar-refractivity contribution in [2.75, 3.05) is 13.1 Å². The van der Waals surface area contributed by atoms with E-state index >= 15 is 0 Å². The molecule has 0 bridgehead atoms. The first-order chi connectivity index (χ1) is 10.3. The van der Waals surface area contributed by atoms with Crippen LogP contribution in [0.1, 0.15) is 38.3 Å². The molecule has 1 unspecified atom stereocenters. The number of hydrogen-bond donors (Lipinski definition) is 0. The van der Waals surface area contributed by atoms with Crippen molar-refractivity contribution in [3.8, 4) is 0 Å². The lowest BCUT2D eigenvalue weighted by atomic mass is 9.95. The molecule has 0 spiro atoms. The van der Waals surface area contributed by atoms with Gasteiger partial charge >= 0.3 is 6.09 Å². The zero-order valence-corrected chi connectivity index (χ0v) is 13.9. The van der Waals surface area contributed by atoms with Crippen molar-refractivity contribution in [3.05, 3.63) is 35.4 Å². The summed E-state index contributed by atoms with van der Waals surface area (Å²) in [6, 6.07) is 7.94. The Bertz CT molecular complexity index is 560.